The molecule has 1 N–H and O–H groups in total. The number of carbonyl (C=O) groups is 2. The molecule has 0 saturated carbocycles. The summed E-state index contributed by atoms with van der Waals surface area (Å²) < 4.78 is 26.1. The summed E-state index contributed by atoms with van der Waals surface area (Å²) in [5.41, 5.74) is -0.281. The molecule has 1 rings (SSSR count). The number of carboxylic acid groups (broad SMARTS) is 1. The second-order valence-electron chi connectivity index (χ2n) is 3.99. The lowest BCUT2D eigenvalue weighted by molar-refractivity contribution is -0.137. The molecule has 1 aromatic rings. The van der Waals surface area contributed by atoms with Crippen LogP contribution < -0.4 is 0 Å². The average Bonchev–Trinajstić information content (AvgIpc) is 2.26. The van der Waals surface area contributed by atoms with Crippen molar-refractivity contribution in [3.8, 4) is 0 Å². The first kappa shape index (κ1) is 14.1. The minimum atomic E-state index is -1.05. The number of carbonyl (C=O) groups excluding carboxylic acids is 1. The van der Waals surface area contributed by atoms with E-state index < -0.39 is 29.6 Å². The van der Waals surface area contributed by atoms with E-state index >= 15 is 0 Å². The number of amides is 1. The molecule has 98 valence electrons. The van der Waals surface area contributed by atoms with Gasteiger partial charge in [-0.3, -0.25) is 9.59 Å². The zero-order valence-electron chi connectivity index (χ0n) is 9.98. The number of hydrogen-bond acceptors (Lipinski definition) is 2. The summed E-state index contributed by atoms with van der Waals surface area (Å²) in [5, 5.41) is 8.61. The summed E-state index contributed by atoms with van der Waals surface area (Å²) in [6.45, 7) is 1.54. The van der Waals surface area contributed by atoms with Gasteiger partial charge in [-0.05, 0) is 19.1 Å². The summed E-state index contributed by atoms with van der Waals surface area (Å²) >= 11 is 0. The van der Waals surface area contributed by atoms with E-state index in [0.29, 0.717) is 6.07 Å². The third-order valence-corrected chi connectivity index (χ3v) is 2.61. The molecule has 0 bridgehead atoms. The van der Waals surface area contributed by atoms with Crippen LogP contribution in [-0.2, 0) is 4.79 Å². The van der Waals surface area contributed by atoms with Crippen LogP contribution in [0.4, 0.5) is 8.78 Å². The molecule has 0 aliphatic rings. The number of nitrogens with zero attached hydrogens (tertiary/aromatic N) is 1. The quantitative estimate of drug-likeness (QED) is 0.896. The van der Waals surface area contributed by atoms with Gasteiger partial charge in [0.1, 0.15) is 11.6 Å². The molecular weight excluding hydrogens is 244 g/mol. The van der Waals surface area contributed by atoms with Crippen LogP contribution in [0.2, 0.25) is 0 Å². The Morgan fingerprint density at radius 2 is 2.00 bits per heavy atom. The van der Waals surface area contributed by atoms with Crippen LogP contribution in [0.1, 0.15) is 23.7 Å². The number of carboxylic acids is 1. The molecule has 0 spiro atoms. The predicted molar refractivity (Wildman–Crippen MR) is 60.2 cm³/mol. The SMILES string of the molecule is CC(CC(=O)O)N(C)C(=O)c1ccc(F)cc1F. The lowest BCUT2D eigenvalue weighted by atomic mass is 10.1. The molecule has 4 nitrogen and oxygen atoms in total. The van der Waals surface area contributed by atoms with E-state index in [2.05, 4.69) is 0 Å². The number of aliphatic carboxylic acids is 1. The Morgan fingerprint density at radius 1 is 1.39 bits per heavy atom. The fourth-order valence-corrected chi connectivity index (χ4v) is 1.44. The van der Waals surface area contributed by atoms with Crippen molar-refractivity contribution in [2.75, 3.05) is 7.05 Å². The van der Waals surface area contributed by atoms with E-state index in [1.807, 2.05) is 0 Å². The molecule has 6 heteroatoms. The number of rotatable bonds is 4. The molecule has 0 aliphatic heterocycles. The minimum absolute atomic E-state index is 0.245. The maximum atomic E-state index is 13.4. The highest BCUT2D eigenvalue weighted by Crippen LogP contribution is 2.14. The van der Waals surface area contributed by atoms with Gasteiger partial charge in [-0.25, -0.2) is 8.78 Å². The van der Waals surface area contributed by atoms with Gasteiger partial charge in [0.2, 0.25) is 0 Å². The van der Waals surface area contributed by atoms with E-state index in [1.54, 1.807) is 0 Å². The van der Waals surface area contributed by atoms with Gasteiger partial charge < -0.3 is 10.0 Å². The van der Waals surface area contributed by atoms with Gasteiger partial charge in [0, 0.05) is 19.2 Å². The molecule has 1 aromatic carbocycles. The van der Waals surface area contributed by atoms with Gasteiger partial charge in [-0.1, -0.05) is 0 Å². The zero-order chi connectivity index (χ0) is 13.9. The first-order valence-electron chi connectivity index (χ1n) is 5.27. The molecule has 1 atom stereocenters. The minimum Gasteiger partial charge on any atom is -0.481 e. The Hall–Kier alpha value is -1.98. The molecule has 0 fully saturated rings. The van der Waals surface area contributed by atoms with E-state index in [4.69, 9.17) is 5.11 Å². The summed E-state index contributed by atoms with van der Waals surface area (Å²) in [6, 6.07) is 2.05. The average molecular weight is 257 g/mol. The highest BCUT2D eigenvalue weighted by Gasteiger charge is 2.22. The Morgan fingerprint density at radius 3 is 2.50 bits per heavy atom. The number of benzene rings is 1. The second-order valence-corrected chi connectivity index (χ2v) is 3.99. The second kappa shape index (κ2) is 5.57. The number of halogens is 2. The van der Waals surface area contributed by atoms with Crippen LogP contribution in [-0.4, -0.2) is 35.0 Å². The van der Waals surface area contributed by atoms with Crippen molar-refractivity contribution in [2.24, 2.45) is 0 Å². The standard InChI is InChI=1S/C12H13F2NO3/c1-7(5-11(16)17)15(2)12(18)9-4-3-8(13)6-10(9)14/h3-4,6-7H,5H2,1-2H3,(H,16,17). The van der Waals surface area contributed by atoms with Gasteiger partial charge in [0.25, 0.3) is 5.91 Å². The third-order valence-electron chi connectivity index (χ3n) is 2.61. The van der Waals surface area contributed by atoms with Gasteiger partial charge in [0.05, 0.1) is 12.0 Å². The van der Waals surface area contributed by atoms with E-state index in [9.17, 15) is 18.4 Å². The maximum Gasteiger partial charge on any atom is 0.305 e. The topological polar surface area (TPSA) is 57.6 Å². The van der Waals surface area contributed by atoms with Crippen LogP contribution in [0.5, 0.6) is 0 Å². The van der Waals surface area contributed by atoms with E-state index in [-0.39, 0.29) is 12.0 Å². The molecule has 1 unspecified atom stereocenters. The smallest absolute Gasteiger partial charge is 0.305 e. The summed E-state index contributed by atoms with van der Waals surface area (Å²) in [6.07, 6.45) is -0.245. The fourth-order valence-electron chi connectivity index (χ4n) is 1.44. The van der Waals surface area contributed by atoms with Gasteiger partial charge in [-0.2, -0.15) is 0 Å². The van der Waals surface area contributed by atoms with Crippen molar-refractivity contribution >= 4 is 11.9 Å². The maximum absolute atomic E-state index is 13.4. The van der Waals surface area contributed by atoms with Crippen molar-refractivity contribution in [3.63, 3.8) is 0 Å². The van der Waals surface area contributed by atoms with Gasteiger partial charge in [-0.15, -0.1) is 0 Å². The Labute approximate surface area is 103 Å². The lowest BCUT2D eigenvalue weighted by Crippen LogP contribution is -2.36. The molecule has 18 heavy (non-hydrogen) atoms. The summed E-state index contributed by atoms with van der Waals surface area (Å²) in [5.74, 6) is -3.47. The first-order valence-corrected chi connectivity index (χ1v) is 5.27. The third kappa shape index (κ3) is 3.26. The van der Waals surface area contributed by atoms with Crippen molar-refractivity contribution in [1.82, 2.24) is 4.90 Å². The number of hydrogen-bond donors (Lipinski definition) is 1. The largest absolute Gasteiger partial charge is 0.481 e. The predicted octanol–water partition coefficient (Wildman–Crippen LogP) is 1.90. The van der Waals surface area contributed by atoms with Crippen LogP contribution in [0.25, 0.3) is 0 Å². The van der Waals surface area contributed by atoms with Crippen molar-refractivity contribution < 1.29 is 23.5 Å². The van der Waals surface area contributed by atoms with Crippen LogP contribution in [0, 0.1) is 11.6 Å². The lowest BCUT2D eigenvalue weighted by Gasteiger charge is -2.23. The normalized spacial score (nSPS) is 12.0. The Balaban J connectivity index is 2.89. The van der Waals surface area contributed by atoms with Crippen LogP contribution >= 0.6 is 0 Å². The van der Waals surface area contributed by atoms with Gasteiger partial charge in [0.15, 0.2) is 0 Å². The van der Waals surface area contributed by atoms with E-state index in [1.165, 1.54) is 14.0 Å². The van der Waals surface area contributed by atoms with Crippen molar-refractivity contribution in [2.45, 2.75) is 19.4 Å². The molecule has 0 aliphatic carbocycles. The highest BCUT2D eigenvalue weighted by molar-refractivity contribution is 5.94. The molecule has 0 aromatic heterocycles. The Kier molecular flexibility index (Phi) is 4.36. The summed E-state index contributed by atoms with van der Waals surface area (Å²) in [7, 11) is 1.37. The van der Waals surface area contributed by atoms with Crippen LogP contribution in [0.15, 0.2) is 18.2 Å². The van der Waals surface area contributed by atoms with Crippen molar-refractivity contribution in [3.05, 3.63) is 35.4 Å². The van der Waals surface area contributed by atoms with E-state index in [0.717, 1.165) is 17.0 Å². The van der Waals surface area contributed by atoms with Gasteiger partial charge >= 0.3 is 5.97 Å². The fraction of sp³-hybridized carbons (Fsp3) is 0.333. The monoisotopic (exact) mass is 257 g/mol. The molecule has 0 heterocycles. The Bertz CT molecular complexity index is 476. The van der Waals surface area contributed by atoms with Crippen LogP contribution in [0.3, 0.4) is 0 Å². The first-order chi connectivity index (χ1) is 8.32. The molecule has 0 saturated heterocycles. The molecule has 0 radical (unpaired) electrons. The highest BCUT2D eigenvalue weighted by atomic mass is 19.1. The van der Waals surface area contributed by atoms with Crippen molar-refractivity contribution in [1.29, 1.82) is 0 Å². The zero-order valence-corrected chi connectivity index (χ0v) is 9.98. The summed E-state index contributed by atoms with van der Waals surface area (Å²) in [4.78, 5) is 23.5. The molecular formula is C12H13F2NO3. The molecule has 1 amide bonds.